The molecular weight excluding hydrogens is 1030 g/mol. The van der Waals surface area contributed by atoms with Crippen LogP contribution in [0.25, 0.3) is 22.4 Å². The Morgan fingerprint density at radius 1 is 0.608 bits per heavy atom. The van der Waals surface area contributed by atoms with Crippen LogP contribution in [0.15, 0.2) is 114 Å². The fourth-order valence-electron chi connectivity index (χ4n) is 8.17. The Morgan fingerprint density at radius 2 is 1.05 bits per heavy atom. The zero-order valence-corrected chi connectivity index (χ0v) is 41.2. The number of alkyl halides is 6. The maximum absolute atomic E-state index is 14.3. The minimum atomic E-state index is -4.23. The fourth-order valence-corrected chi connectivity index (χ4v) is 11.5. The van der Waals surface area contributed by atoms with Gasteiger partial charge in [-0.25, -0.2) is 54.3 Å². The molecule has 0 radical (unpaired) electrons. The molecule has 0 unspecified atom stereocenters. The van der Waals surface area contributed by atoms with E-state index in [-0.39, 0.29) is 48.3 Å². The molecule has 15 nitrogen and oxygen atoms in total. The monoisotopic (exact) mass is 1070 g/mol. The highest BCUT2D eigenvalue weighted by atomic mass is 32.2. The Bertz CT molecular complexity index is 3190. The van der Waals surface area contributed by atoms with E-state index >= 15 is 0 Å². The van der Waals surface area contributed by atoms with E-state index in [0.29, 0.717) is 53.1 Å². The van der Waals surface area contributed by atoms with Crippen molar-refractivity contribution >= 4 is 31.6 Å². The van der Waals surface area contributed by atoms with Crippen LogP contribution in [0.4, 0.5) is 35.1 Å². The summed E-state index contributed by atoms with van der Waals surface area (Å²) in [4.78, 5) is 48.7. The lowest BCUT2D eigenvalue weighted by Crippen LogP contribution is -2.40. The van der Waals surface area contributed by atoms with Crippen LogP contribution in [0.2, 0.25) is 0 Å². The number of aryl methyl sites for hydroxylation is 2. The molecule has 2 aliphatic rings. The molecule has 0 amide bonds. The summed E-state index contributed by atoms with van der Waals surface area (Å²) in [5.74, 6) is -9.45. The van der Waals surface area contributed by atoms with Crippen LogP contribution in [0.5, 0.6) is 5.75 Å². The third-order valence-electron chi connectivity index (χ3n) is 12.0. The summed E-state index contributed by atoms with van der Waals surface area (Å²) in [5, 5.41) is 0. The summed E-state index contributed by atoms with van der Waals surface area (Å²) in [7, 11) is -7.02. The number of aromatic nitrogens is 6. The Morgan fingerprint density at radius 3 is 1.50 bits per heavy atom. The van der Waals surface area contributed by atoms with Crippen LogP contribution in [0.3, 0.4) is 0 Å². The fraction of sp³-hybridized carbons (Fsp3) is 0.347. The molecule has 2 saturated heterocycles. The van der Waals surface area contributed by atoms with E-state index in [1.54, 1.807) is 12.1 Å². The Labute approximate surface area is 420 Å². The van der Waals surface area contributed by atoms with Crippen molar-refractivity contribution in [2.24, 2.45) is 0 Å². The van der Waals surface area contributed by atoms with Crippen molar-refractivity contribution < 1.29 is 66.3 Å². The first-order valence-corrected chi connectivity index (χ1v) is 25.5. The van der Waals surface area contributed by atoms with Crippen LogP contribution >= 0.6 is 0 Å². The number of sulfonamides is 2. The van der Waals surface area contributed by atoms with Gasteiger partial charge in [-0.15, -0.1) is 0 Å². The number of carbonyl (C=O) groups is 2. The SMILES string of the molecule is CC(F)(F)c1ncc(-c2cncc(CCC(=O)[C@@H]3C[C@@H](F)CN3S(=O)(=O)c3ccc(F)cc3)c2)cn1.COc1cnc(-c2cnc(C(C)(F)F)nc2)cc1CCC(=O)[C@@H]1C[C@@H](F)CN1S(=O)(=O)c1ccc(F)cc1. The number of Topliss-reactive ketones (excluding diaryl/α,β-unsaturated/α-hetero) is 2. The molecule has 74 heavy (non-hydrogen) atoms. The standard InChI is InChI=1S/C25H24F4N4O4S.C24H22F4N4O3S/c1-25(28,29)24-31-11-16(12-32-24)20-9-15(23(37-2)13-30-20)3-8-22(34)21-10-18(27)14-33(21)38(35,36)19-6-4-17(26)5-7-19;1-24(27,28)23-30-12-17(13-31-23)16-8-15(10-29-11-16)2-7-22(33)21-9-19(26)14-32(21)36(34,35)20-5-3-18(25)4-6-20/h4-7,9,11-13,18,21H,3,8,10,14H2,1-2H3;3-6,8,10-13,19,21H,2,7,9,14H2,1H3/t18-,21+;19-,21+/m11/s1. The average molecular weight is 1080 g/mol. The molecule has 2 fully saturated rings. The number of nitrogens with zero attached hydrogens (tertiary/aromatic N) is 8. The molecule has 392 valence electrons. The molecule has 0 aliphatic carbocycles. The number of hydrogen-bond donors (Lipinski definition) is 0. The van der Waals surface area contributed by atoms with Gasteiger partial charge in [0, 0.05) is 106 Å². The molecule has 2 aliphatic heterocycles. The Hall–Kier alpha value is -6.70. The molecule has 4 atom stereocenters. The van der Waals surface area contributed by atoms with Gasteiger partial charge in [0.2, 0.25) is 20.0 Å². The number of methoxy groups -OCH3 is 1. The van der Waals surface area contributed by atoms with Gasteiger partial charge in [0.25, 0.3) is 0 Å². The molecule has 25 heteroatoms. The zero-order chi connectivity index (χ0) is 53.8. The second-order valence-electron chi connectivity index (χ2n) is 17.5. The Kier molecular flexibility index (Phi) is 16.7. The van der Waals surface area contributed by atoms with Gasteiger partial charge in [-0.3, -0.25) is 19.6 Å². The maximum atomic E-state index is 14.3. The zero-order valence-electron chi connectivity index (χ0n) is 39.6. The van der Waals surface area contributed by atoms with E-state index in [9.17, 15) is 61.5 Å². The van der Waals surface area contributed by atoms with E-state index in [1.807, 2.05) is 0 Å². The third kappa shape index (κ3) is 13.0. The molecular formula is C49H46F8N8O7S2. The van der Waals surface area contributed by atoms with E-state index in [1.165, 1.54) is 50.5 Å². The van der Waals surface area contributed by atoms with Gasteiger partial charge in [-0.05, 0) is 84.6 Å². The van der Waals surface area contributed by atoms with Crippen LogP contribution in [0, 0.1) is 11.6 Å². The summed E-state index contributed by atoms with van der Waals surface area (Å²) < 4.78 is 168. The molecule has 8 rings (SSSR count). The van der Waals surface area contributed by atoms with Gasteiger partial charge in [0.15, 0.2) is 23.2 Å². The minimum absolute atomic E-state index is 0.0740. The lowest BCUT2D eigenvalue weighted by molar-refractivity contribution is -0.122. The van der Waals surface area contributed by atoms with Gasteiger partial charge in [0.05, 0.1) is 40.9 Å². The van der Waals surface area contributed by atoms with Crippen molar-refractivity contribution in [2.45, 2.75) is 98.4 Å². The smallest absolute Gasteiger partial charge is 0.303 e. The number of hydrogen-bond acceptors (Lipinski definition) is 13. The lowest BCUT2D eigenvalue weighted by atomic mass is 10.0. The number of ether oxygens (including phenoxy) is 1. The summed E-state index contributed by atoms with van der Waals surface area (Å²) in [5.41, 5.74) is 2.89. The molecule has 6 heterocycles. The summed E-state index contributed by atoms with van der Waals surface area (Å²) in [6.07, 6.45) is 5.86. The van der Waals surface area contributed by atoms with Crippen LogP contribution in [-0.2, 0) is 54.3 Å². The number of pyridine rings is 2. The van der Waals surface area contributed by atoms with Crippen molar-refractivity contribution in [2.75, 3.05) is 20.2 Å². The van der Waals surface area contributed by atoms with Crippen molar-refractivity contribution in [1.29, 1.82) is 0 Å². The predicted molar refractivity (Wildman–Crippen MR) is 250 cm³/mol. The summed E-state index contributed by atoms with van der Waals surface area (Å²) in [6.45, 7) is 0.443. The number of benzene rings is 2. The molecule has 0 saturated carbocycles. The number of ketones is 2. The Balaban J connectivity index is 0.000000217. The quantitative estimate of drug-likeness (QED) is 0.0794. The summed E-state index contributed by atoms with van der Waals surface area (Å²) in [6, 6.07) is 9.11. The predicted octanol–water partition coefficient (Wildman–Crippen LogP) is 8.19. The second-order valence-corrected chi connectivity index (χ2v) is 21.3. The highest BCUT2D eigenvalue weighted by Gasteiger charge is 2.45. The summed E-state index contributed by atoms with van der Waals surface area (Å²) >= 11 is 0. The number of carbonyl (C=O) groups excluding carboxylic acids is 2. The van der Waals surface area contributed by atoms with Gasteiger partial charge in [0.1, 0.15) is 29.7 Å². The van der Waals surface area contributed by atoms with Gasteiger partial charge < -0.3 is 4.74 Å². The van der Waals surface area contributed by atoms with Crippen molar-refractivity contribution in [3.05, 3.63) is 138 Å². The third-order valence-corrected chi connectivity index (χ3v) is 15.8. The molecule has 0 bridgehead atoms. The minimum Gasteiger partial charge on any atom is -0.495 e. The van der Waals surface area contributed by atoms with Crippen molar-refractivity contribution in [3.63, 3.8) is 0 Å². The van der Waals surface area contributed by atoms with Gasteiger partial charge in [-0.1, -0.05) is 0 Å². The highest BCUT2D eigenvalue weighted by Crippen LogP contribution is 2.33. The second kappa shape index (κ2) is 22.4. The van der Waals surface area contributed by atoms with Crippen LogP contribution in [-0.4, -0.2) is 112 Å². The normalized spacial score (nSPS) is 18.7. The lowest BCUT2D eigenvalue weighted by Gasteiger charge is -2.23. The van der Waals surface area contributed by atoms with E-state index < -0.39 is 104 Å². The average Bonchev–Trinajstić information content (AvgIpc) is 3.98. The van der Waals surface area contributed by atoms with E-state index in [0.717, 1.165) is 57.1 Å². The number of rotatable bonds is 17. The first-order valence-electron chi connectivity index (χ1n) is 22.6. The molecule has 0 spiro atoms. The van der Waals surface area contributed by atoms with Crippen LogP contribution in [0.1, 0.15) is 62.3 Å². The molecule has 6 aromatic rings. The highest BCUT2D eigenvalue weighted by molar-refractivity contribution is 7.89. The maximum Gasteiger partial charge on any atom is 0.303 e. The van der Waals surface area contributed by atoms with E-state index in [2.05, 4.69) is 29.9 Å². The van der Waals surface area contributed by atoms with Crippen molar-refractivity contribution in [1.82, 2.24) is 38.5 Å². The van der Waals surface area contributed by atoms with Gasteiger partial charge >= 0.3 is 11.8 Å². The van der Waals surface area contributed by atoms with Crippen LogP contribution < -0.4 is 4.74 Å². The molecule has 0 N–H and O–H groups in total. The molecule has 2 aromatic carbocycles. The topological polar surface area (TPSA) is 195 Å². The van der Waals surface area contributed by atoms with Crippen molar-refractivity contribution in [3.8, 4) is 28.1 Å². The largest absolute Gasteiger partial charge is 0.495 e. The van der Waals surface area contributed by atoms with E-state index in [4.69, 9.17) is 4.74 Å². The molecule has 4 aromatic heterocycles. The first-order chi connectivity index (χ1) is 34.8. The van der Waals surface area contributed by atoms with Gasteiger partial charge in [-0.2, -0.15) is 26.2 Å². The number of halogens is 8. The first kappa shape index (κ1) is 55.1.